The molecule has 2 heterocycles. The molecule has 0 aliphatic carbocycles. The first-order chi connectivity index (χ1) is 8.97. The van der Waals surface area contributed by atoms with Crippen LogP contribution in [0.3, 0.4) is 0 Å². The average molecular weight is 270 g/mol. The van der Waals surface area contributed by atoms with Crippen LogP contribution in [0.2, 0.25) is 0 Å². The van der Waals surface area contributed by atoms with E-state index < -0.39 is 17.8 Å². The SMILES string of the molecule is O=C(NCc1ccco1)c1ccc(C(F)(F)F)nc1. The molecule has 19 heavy (non-hydrogen) atoms. The molecule has 0 saturated carbocycles. The van der Waals surface area contributed by atoms with Crippen LogP contribution in [0.4, 0.5) is 13.2 Å². The van der Waals surface area contributed by atoms with Crippen LogP contribution in [0.15, 0.2) is 41.1 Å². The molecule has 0 bridgehead atoms. The molecular formula is C12H9F3N2O2. The van der Waals surface area contributed by atoms with Crippen molar-refractivity contribution in [1.82, 2.24) is 10.3 Å². The summed E-state index contributed by atoms with van der Waals surface area (Å²) in [6.07, 6.45) is -2.16. The Morgan fingerprint density at radius 3 is 2.63 bits per heavy atom. The molecule has 0 saturated heterocycles. The van der Waals surface area contributed by atoms with Gasteiger partial charge in [0.1, 0.15) is 11.5 Å². The largest absolute Gasteiger partial charge is 0.467 e. The van der Waals surface area contributed by atoms with Crippen molar-refractivity contribution in [3.8, 4) is 0 Å². The lowest BCUT2D eigenvalue weighted by Crippen LogP contribution is -2.23. The van der Waals surface area contributed by atoms with E-state index in [1.807, 2.05) is 0 Å². The number of furan rings is 1. The van der Waals surface area contributed by atoms with Crippen LogP contribution in [0, 0.1) is 0 Å². The summed E-state index contributed by atoms with van der Waals surface area (Å²) in [7, 11) is 0. The summed E-state index contributed by atoms with van der Waals surface area (Å²) in [4.78, 5) is 14.8. The van der Waals surface area contributed by atoms with E-state index >= 15 is 0 Å². The number of hydrogen-bond acceptors (Lipinski definition) is 3. The maximum atomic E-state index is 12.3. The third kappa shape index (κ3) is 3.34. The number of aromatic nitrogens is 1. The van der Waals surface area contributed by atoms with Crippen molar-refractivity contribution in [2.45, 2.75) is 12.7 Å². The number of nitrogens with one attached hydrogen (secondary N) is 1. The number of nitrogens with zero attached hydrogens (tertiary/aromatic N) is 1. The second-order valence-corrected chi connectivity index (χ2v) is 3.69. The van der Waals surface area contributed by atoms with Gasteiger partial charge in [-0.15, -0.1) is 0 Å². The molecule has 0 radical (unpaired) electrons. The van der Waals surface area contributed by atoms with Gasteiger partial charge in [-0.1, -0.05) is 0 Å². The van der Waals surface area contributed by atoms with Gasteiger partial charge >= 0.3 is 6.18 Å². The minimum absolute atomic E-state index is 0.0551. The second kappa shape index (κ2) is 5.13. The predicted molar refractivity (Wildman–Crippen MR) is 59.1 cm³/mol. The Bertz CT molecular complexity index is 547. The quantitative estimate of drug-likeness (QED) is 0.932. The maximum Gasteiger partial charge on any atom is 0.433 e. The molecule has 1 amide bonds. The van der Waals surface area contributed by atoms with Gasteiger partial charge in [-0.3, -0.25) is 9.78 Å². The Labute approximate surface area is 106 Å². The molecule has 2 rings (SSSR count). The molecule has 0 aliphatic rings. The molecule has 0 spiro atoms. The number of pyridine rings is 1. The zero-order chi connectivity index (χ0) is 13.9. The molecule has 0 unspecified atom stereocenters. The van der Waals surface area contributed by atoms with Crippen LogP contribution in [0.5, 0.6) is 0 Å². The molecule has 0 aliphatic heterocycles. The molecule has 1 N–H and O–H groups in total. The Hall–Kier alpha value is -2.31. The summed E-state index contributed by atoms with van der Waals surface area (Å²) in [5.74, 6) is 0.0332. The topological polar surface area (TPSA) is 55.1 Å². The molecule has 100 valence electrons. The van der Waals surface area contributed by atoms with Crippen molar-refractivity contribution < 1.29 is 22.4 Å². The highest BCUT2D eigenvalue weighted by Gasteiger charge is 2.32. The van der Waals surface area contributed by atoms with Crippen LogP contribution in [0.25, 0.3) is 0 Å². The molecule has 0 atom stereocenters. The van der Waals surface area contributed by atoms with Crippen LogP contribution in [-0.2, 0) is 12.7 Å². The molecule has 0 fully saturated rings. The van der Waals surface area contributed by atoms with E-state index in [0.717, 1.165) is 18.3 Å². The lowest BCUT2D eigenvalue weighted by atomic mass is 10.2. The molecule has 0 aromatic carbocycles. The van der Waals surface area contributed by atoms with Crippen LogP contribution < -0.4 is 5.32 Å². The smallest absolute Gasteiger partial charge is 0.433 e. The maximum absolute atomic E-state index is 12.3. The molecule has 2 aromatic heterocycles. The van der Waals surface area contributed by atoms with E-state index in [9.17, 15) is 18.0 Å². The third-order valence-electron chi connectivity index (χ3n) is 2.32. The summed E-state index contributed by atoms with van der Waals surface area (Å²) < 4.78 is 41.8. The first kappa shape index (κ1) is 13.1. The van der Waals surface area contributed by atoms with Gasteiger partial charge in [-0.2, -0.15) is 13.2 Å². The van der Waals surface area contributed by atoms with Crippen molar-refractivity contribution >= 4 is 5.91 Å². The number of hydrogen-bond donors (Lipinski definition) is 1. The normalized spacial score (nSPS) is 11.3. The van der Waals surface area contributed by atoms with Gasteiger partial charge in [-0.25, -0.2) is 0 Å². The minimum atomic E-state index is -4.51. The van der Waals surface area contributed by atoms with E-state index in [0.29, 0.717) is 5.76 Å². The van der Waals surface area contributed by atoms with E-state index in [4.69, 9.17) is 4.42 Å². The van der Waals surface area contributed by atoms with Gasteiger partial charge in [0.15, 0.2) is 0 Å². The lowest BCUT2D eigenvalue weighted by Gasteiger charge is -2.06. The third-order valence-corrected chi connectivity index (χ3v) is 2.32. The lowest BCUT2D eigenvalue weighted by molar-refractivity contribution is -0.141. The molecule has 7 heteroatoms. The van der Waals surface area contributed by atoms with Gasteiger partial charge in [-0.05, 0) is 24.3 Å². The Balaban J connectivity index is 2.00. The summed E-state index contributed by atoms with van der Waals surface area (Å²) in [5.41, 5.74) is -0.977. The van der Waals surface area contributed by atoms with Crippen molar-refractivity contribution in [3.63, 3.8) is 0 Å². The van der Waals surface area contributed by atoms with Crippen molar-refractivity contribution in [2.24, 2.45) is 0 Å². The monoisotopic (exact) mass is 270 g/mol. The average Bonchev–Trinajstić information content (AvgIpc) is 2.88. The first-order valence-corrected chi connectivity index (χ1v) is 5.30. The minimum Gasteiger partial charge on any atom is -0.467 e. The molecule has 2 aromatic rings. The van der Waals surface area contributed by atoms with E-state index in [1.165, 1.54) is 6.26 Å². The Morgan fingerprint density at radius 2 is 2.11 bits per heavy atom. The highest BCUT2D eigenvalue weighted by molar-refractivity contribution is 5.93. The standard InChI is InChI=1S/C12H9F3N2O2/c13-12(14,15)10-4-3-8(6-16-10)11(18)17-7-9-2-1-5-19-9/h1-6H,7H2,(H,17,18). The fraction of sp³-hybridized carbons (Fsp3) is 0.167. The Kier molecular flexibility index (Phi) is 3.55. The predicted octanol–water partition coefficient (Wildman–Crippen LogP) is 2.62. The second-order valence-electron chi connectivity index (χ2n) is 3.69. The van der Waals surface area contributed by atoms with Crippen molar-refractivity contribution in [3.05, 3.63) is 53.7 Å². The number of rotatable bonds is 3. The van der Waals surface area contributed by atoms with Gasteiger partial charge in [0, 0.05) is 6.20 Å². The highest BCUT2D eigenvalue weighted by atomic mass is 19.4. The summed E-state index contributed by atoms with van der Waals surface area (Å²) >= 11 is 0. The van der Waals surface area contributed by atoms with Gasteiger partial charge < -0.3 is 9.73 Å². The Morgan fingerprint density at radius 1 is 1.32 bits per heavy atom. The number of carbonyl (C=O) groups is 1. The number of carbonyl (C=O) groups excluding carboxylic acids is 1. The summed E-state index contributed by atoms with van der Waals surface area (Å²) in [6, 6.07) is 5.18. The van der Waals surface area contributed by atoms with E-state index in [1.54, 1.807) is 12.1 Å². The number of amides is 1. The van der Waals surface area contributed by atoms with E-state index in [-0.39, 0.29) is 12.1 Å². The van der Waals surface area contributed by atoms with Gasteiger partial charge in [0.2, 0.25) is 0 Å². The summed E-state index contributed by atoms with van der Waals surface area (Å²) in [5, 5.41) is 2.51. The van der Waals surface area contributed by atoms with Crippen LogP contribution in [-0.4, -0.2) is 10.9 Å². The van der Waals surface area contributed by atoms with Gasteiger partial charge in [0.05, 0.1) is 18.4 Å². The van der Waals surface area contributed by atoms with Crippen LogP contribution in [0.1, 0.15) is 21.8 Å². The van der Waals surface area contributed by atoms with Crippen molar-refractivity contribution in [1.29, 1.82) is 0 Å². The fourth-order valence-corrected chi connectivity index (χ4v) is 1.38. The number of alkyl halides is 3. The van der Waals surface area contributed by atoms with E-state index in [2.05, 4.69) is 10.3 Å². The zero-order valence-corrected chi connectivity index (χ0v) is 9.57. The zero-order valence-electron chi connectivity index (χ0n) is 9.57. The summed E-state index contributed by atoms with van der Waals surface area (Å²) in [6.45, 7) is 0.160. The molecule has 4 nitrogen and oxygen atoms in total. The van der Waals surface area contributed by atoms with Gasteiger partial charge in [0.25, 0.3) is 5.91 Å². The first-order valence-electron chi connectivity index (χ1n) is 5.30. The fourth-order valence-electron chi connectivity index (χ4n) is 1.38. The van der Waals surface area contributed by atoms with Crippen LogP contribution >= 0.6 is 0 Å². The number of halogens is 3. The highest BCUT2D eigenvalue weighted by Crippen LogP contribution is 2.27. The molecular weight excluding hydrogens is 261 g/mol. The van der Waals surface area contributed by atoms with Crippen molar-refractivity contribution in [2.75, 3.05) is 0 Å².